The van der Waals surface area contributed by atoms with Gasteiger partial charge >= 0.3 is 5.97 Å². The van der Waals surface area contributed by atoms with E-state index in [9.17, 15) is 4.79 Å². The Morgan fingerprint density at radius 1 is 1.40 bits per heavy atom. The van der Waals surface area contributed by atoms with E-state index in [1.807, 2.05) is 6.07 Å². The molecule has 1 N–H and O–H groups in total. The molecule has 110 valence electrons. The van der Waals surface area contributed by atoms with Crippen molar-refractivity contribution in [1.29, 1.82) is 0 Å². The van der Waals surface area contributed by atoms with Crippen LogP contribution in [-0.4, -0.2) is 43.7 Å². The Morgan fingerprint density at radius 2 is 2.10 bits per heavy atom. The van der Waals surface area contributed by atoms with Crippen LogP contribution in [0.15, 0.2) is 18.2 Å². The molecule has 0 saturated carbocycles. The number of esters is 1. The number of benzene rings is 1. The third kappa shape index (κ3) is 3.44. The molecule has 1 aliphatic rings. The highest BCUT2D eigenvalue weighted by Gasteiger charge is 2.31. The summed E-state index contributed by atoms with van der Waals surface area (Å²) in [4.78, 5) is 14.4. The Balaban J connectivity index is 2.34. The molecule has 0 radical (unpaired) electrons. The normalized spacial score (nSPS) is 17.8. The number of hydrogen-bond donors (Lipinski definition) is 1. The third-order valence-electron chi connectivity index (χ3n) is 3.30. The smallest absolute Gasteiger partial charge is 0.328 e. The molecule has 1 atom stereocenters. The van der Waals surface area contributed by atoms with Gasteiger partial charge < -0.3 is 10.1 Å². The zero-order chi connectivity index (χ0) is 14.5. The van der Waals surface area contributed by atoms with E-state index in [-0.39, 0.29) is 5.97 Å². The maximum absolute atomic E-state index is 12.3. The number of piperazine rings is 1. The fourth-order valence-electron chi connectivity index (χ4n) is 2.37. The molecule has 1 aromatic rings. The van der Waals surface area contributed by atoms with E-state index >= 15 is 0 Å². The van der Waals surface area contributed by atoms with Gasteiger partial charge in [-0.2, -0.15) is 0 Å². The van der Waals surface area contributed by atoms with Crippen LogP contribution in [0.4, 0.5) is 0 Å². The van der Waals surface area contributed by atoms with E-state index in [1.165, 1.54) is 0 Å². The van der Waals surface area contributed by atoms with Crippen LogP contribution in [0, 0.1) is 0 Å². The van der Waals surface area contributed by atoms with E-state index in [4.69, 9.17) is 27.9 Å². The topological polar surface area (TPSA) is 41.6 Å². The van der Waals surface area contributed by atoms with Crippen molar-refractivity contribution in [2.75, 3.05) is 32.8 Å². The number of halogens is 2. The maximum atomic E-state index is 12.3. The molecule has 20 heavy (non-hydrogen) atoms. The largest absolute Gasteiger partial charge is 0.465 e. The number of carbonyl (C=O) groups excluding carboxylic acids is 1. The SMILES string of the molecule is CCOC(=O)C(c1cccc(Cl)c1Cl)N1CCNCC1. The molecule has 0 amide bonds. The van der Waals surface area contributed by atoms with Crippen LogP contribution in [0.3, 0.4) is 0 Å². The average Bonchev–Trinajstić information content (AvgIpc) is 2.45. The monoisotopic (exact) mass is 316 g/mol. The number of rotatable bonds is 4. The maximum Gasteiger partial charge on any atom is 0.328 e. The van der Waals surface area contributed by atoms with Crippen molar-refractivity contribution in [1.82, 2.24) is 10.2 Å². The number of nitrogens with one attached hydrogen (secondary N) is 1. The molecule has 2 rings (SSSR count). The number of carbonyl (C=O) groups is 1. The summed E-state index contributed by atoms with van der Waals surface area (Å²) in [6.45, 7) is 5.37. The lowest BCUT2D eigenvalue weighted by atomic mass is 10.0. The van der Waals surface area contributed by atoms with Gasteiger partial charge in [0.2, 0.25) is 0 Å². The van der Waals surface area contributed by atoms with Crippen molar-refractivity contribution in [3.8, 4) is 0 Å². The highest BCUT2D eigenvalue weighted by molar-refractivity contribution is 6.42. The molecule has 1 fully saturated rings. The summed E-state index contributed by atoms with van der Waals surface area (Å²) >= 11 is 12.3. The van der Waals surface area contributed by atoms with E-state index < -0.39 is 6.04 Å². The van der Waals surface area contributed by atoms with Crippen molar-refractivity contribution in [3.63, 3.8) is 0 Å². The Morgan fingerprint density at radius 3 is 2.75 bits per heavy atom. The fourth-order valence-corrected chi connectivity index (χ4v) is 2.78. The van der Waals surface area contributed by atoms with Crippen LogP contribution in [0.1, 0.15) is 18.5 Å². The van der Waals surface area contributed by atoms with E-state index in [1.54, 1.807) is 19.1 Å². The molecule has 1 unspecified atom stereocenters. The van der Waals surface area contributed by atoms with E-state index in [2.05, 4.69) is 10.2 Å². The van der Waals surface area contributed by atoms with Crippen molar-refractivity contribution < 1.29 is 9.53 Å². The van der Waals surface area contributed by atoms with Crippen LogP contribution in [0.25, 0.3) is 0 Å². The highest BCUT2D eigenvalue weighted by atomic mass is 35.5. The van der Waals surface area contributed by atoms with Crippen LogP contribution in [0.5, 0.6) is 0 Å². The summed E-state index contributed by atoms with van der Waals surface area (Å²) < 4.78 is 5.20. The summed E-state index contributed by atoms with van der Waals surface area (Å²) in [5, 5.41) is 4.14. The van der Waals surface area contributed by atoms with E-state index in [0.717, 1.165) is 26.2 Å². The summed E-state index contributed by atoms with van der Waals surface area (Å²) in [5.74, 6) is -0.279. The van der Waals surface area contributed by atoms with Gasteiger partial charge in [-0.15, -0.1) is 0 Å². The van der Waals surface area contributed by atoms with Gasteiger partial charge in [-0.25, -0.2) is 4.79 Å². The molecule has 1 aromatic carbocycles. The van der Waals surface area contributed by atoms with Crippen LogP contribution >= 0.6 is 23.2 Å². The fraction of sp³-hybridized carbons (Fsp3) is 0.500. The lowest BCUT2D eigenvalue weighted by Gasteiger charge is -2.34. The third-order valence-corrected chi connectivity index (χ3v) is 4.14. The van der Waals surface area contributed by atoms with Gasteiger partial charge in [-0.1, -0.05) is 35.3 Å². The summed E-state index contributed by atoms with van der Waals surface area (Å²) in [6, 6.07) is 4.85. The van der Waals surface area contributed by atoms with Gasteiger partial charge in [0.05, 0.1) is 16.7 Å². The van der Waals surface area contributed by atoms with Gasteiger partial charge in [0.15, 0.2) is 0 Å². The first kappa shape index (κ1) is 15.6. The van der Waals surface area contributed by atoms with Gasteiger partial charge in [0.1, 0.15) is 6.04 Å². The second kappa shape index (κ2) is 7.27. The number of ether oxygens (including phenoxy) is 1. The lowest BCUT2D eigenvalue weighted by molar-refractivity contribution is -0.150. The molecule has 4 nitrogen and oxygen atoms in total. The second-order valence-electron chi connectivity index (χ2n) is 4.58. The van der Waals surface area contributed by atoms with Crippen LogP contribution in [0.2, 0.25) is 10.0 Å². The molecule has 1 aliphatic heterocycles. The second-order valence-corrected chi connectivity index (χ2v) is 5.37. The van der Waals surface area contributed by atoms with Crippen molar-refractivity contribution in [3.05, 3.63) is 33.8 Å². The molecular weight excluding hydrogens is 299 g/mol. The number of hydrogen-bond acceptors (Lipinski definition) is 4. The molecule has 0 spiro atoms. The van der Waals surface area contributed by atoms with Gasteiger partial charge in [-0.3, -0.25) is 4.90 Å². The Labute approximate surface area is 129 Å². The molecule has 0 aromatic heterocycles. The van der Waals surface area contributed by atoms with Crippen molar-refractivity contribution in [2.24, 2.45) is 0 Å². The molecule has 0 aliphatic carbocycles. The molecule has 1 saturated heterocycles. The first-order chi connectivity index (χ1) is 9.65. The average molecular weight is 317 g/mol. The van der Waals surface area contributed by atoms with Gasteiger partial charge in [-0.05, 0) is 13.0 Å². The summed E-state index contributed by atoms with van der Waals surface area (Å²) in [6.07, 6.45) is 0. The Kier molecular flexibility index (Phi) is 5.66. The standard InChI is InChI=1S/C14H18Cl2N2O2/c1-2-20-14(19)13(18-8-6-17-7-9-18)10-4-3-5-11(15)12(10)16/h3-5,13,17H,2,6-9H2,1H3. The molecule has 0 bridgehead atoms. The Bertz CT molecular complexity index is 476. The van der Waals surface area contributed by atoms with Crippen molar-refractivity contribution >= 4 is 29.2 Å². The minimum Gasteiger partial charge on any atom is -0.465 e. The molecule has 6 heteroatoms. The minimum atomic E-state index is -0.497. The van der Waals surface area contributed by atoms with Gasteiger partial charge in [0.25, 0.3) is 0 Å². The summed E-state index contributed by atoms with van der Waals surface area (Å²) in [7, 11) is 0. The zero-order valence-electron chi connectivity index (χ0n) is 11.4. The highest BCUT2D eigenvalue weighted by Crippen LogP contribution is 2.33. The Hall–Kier alpha value is -0.810. The predicted octanol–water partition coefficient (Wildman–Crippen LogP) is 2.50. The first-order valence-corrected chi connectivity index (χ1v) is 7.46. The van der Waals surface area contributed by atoms with Crippen LogP contribution < -0.4 is 5.32 Å². The quantitative estimate of drug-likeness (QED) is 0.867. The number of nitrogens with zero attached hydrogens (tertiary/aromatic N) is 1. The van der Waals surface area contributed by atoms with E-state index in [0.29, 0.717) is 22.2 Å². The predicted molar refractivity (Wildman–Crippen MR) is 80.3 cm³/mol. The van der Waals surface area contributed by atoms with Gasteiger partial charge in [0, 0.05) is 31.7 Å². The zero-order valence-corrected chi connectivity index (χ0v) is 12.9. The molecule has 1 heterocycles. The molecular formula is C14H18Cl2N2O2. The first-order valence-electron chi connectivity index (χ1n) is 6.70. The van der Waals surface area contributed by atoms with Crippen LogP contribution in [-0.2, 0) is 9.53 Å². The lowest BCUT2D eigenvalue weighted by Crippen LogP contribution is -2.47. The summed E-state index contributed by atoms with van der Waals surface area (Å²) in [5.41, 5.74) is 0.708. The minimum absolute atomic E-state index is 0.279. The van der Waals surface area contributed by atoms with Crippen molar-refractivity contribution in [2.45, 2.75) is 13.0 Å².